The summed E-state index contributed by atoms with van der Waals surface area (Å²) in [6.07, 6.45) is 12.7. The maximum absolute atomic E-state index is 10.7. The van der Waals surface area contributed by atoms with Crippen molar-refractivity contribution in [3.63, 3.8) is 0 Å². The van der Waals surface area contributed by atoms with Crippen LogP contribution in [0.5, 0.6) is 0 Å². The Balaban J connectivity index is 1.53. The minimum Gasteiger partial charge on any atom is -0.396 e. The van der Waals surface area contributed by atoms with Crippen molar-refractivity contribution >= 4 is 0 Å². The van der Waals surface area contributed by atoms with Crippen LogP contribution in [0.3, 0.4) is 0 Å². The zero-order valence-electron chi connectivity index (χ0n) is 19.8. The number of hydrogen-bond donors (Lipinski definition) is 3. The topological polar surface area (TPSA) is 60.7 Å². The van der Waals surface area contributed by atoms with Crippen LogP contribution in [0, 0.1) is 46.3 Å². The summed E-state index contributed by atoms with van der Waals surface area (Å²) in [4.78, 5) is 0. The van der Waals surface area contributed by atoms with E-state index in [1.54, 1.807) is 0 Å². The smallest absolute Gasteiger partial charge is 0.101 e. The molecule has 3 fully saturated rings. The van der Waals surface area contributed by atoms with Gasteiger partial charge in [-0.2, -0.15) is 0 Å². The molecule has 3 N–H and O–H groups in total. The van der Waals surface area contributed by atoms with Crippen LogP contribution in [0.2, 0.25) is 0 Å². The highest BCUT2D eigenvalue weighted by Crippen LogP contribution is 2.67. The summed E-state index contributed by atoms with van der Waals surface area (Å²) in [6, 6.07) is 0. The highest BCUT2D eigenvalue weighted by molar-refractivity contribution is 5.29. The average molecular weight is 419 g/mol. The maximum Gasteiger partial charge on any atom is 0.101 e. The first kappa shape index (κ1) is 22.8. The molecule has 0 spiro atoms. The molecule has 0 aromatic heterocycles. The second-order valence-electron chi connectivity index (χ2n) is 12.2. The third-order valence-electron chi connectivity index (χ3n) is 10.4. The summed E-state index contributed by atoms with van der Waals surface area (Å²) in [6.45, 7) is 9.88. The van der Waals surface area contributed by atoms with Crippen molar-refractivity contribution in [2.75, 3.05) is 6.61 Å². The Hall–Kier alpha value is -0.380. The zero-order valence-corrected chi connectivity index (χ0v) is 19.8. The second-order valence-corrected chi connectivity index (χ2v) is 12.2. The molecule has 0 bridgehead atoms. The molecular formula is C27H46O3. The van der Waals surface area contributed by atoms with Crippen LogP contribution >= 0.6 is 0 Å². The Bertz CT molecular complexity index is 642. The lowest BCUT2D eigenvalue weighted by atomic mass is 9.46. The van der Waals surface area contributed by atoms with Crippen LogP contribution in [0.25, 0.3) is 0 Å². The fourth-order valence-corrected chi connectivity index (χ4v) is 8.74. The van der Waals surface area contributed by atoms with E-state index in [2.05, 4.69) is 33.8 Å². The zero-order chi connectivity index (χ0) is 21.7. The van der Waals surface area contributed by atoms with Gasteiger partial charge in [0.15, 0.2) is 0 Å². The van der Waals surface area contributed by atoms with Crippen LogP contribution in [0.4, 0.5) is 0 Å². The number of aliphatic hydroxyl groups is 3. The van der Waals surface area contributed by atoms with Crippen LogP contribution in [0.15, 0.2) is 11.6 Å². The Morgan fingerprint density at radius 2 is 1.77 bits per heavy atom. The fraction of sp³-hybridized carbons (Fsp3) is 0.926. The van der Waals surface area contributed by atoms with Crippen molar-refractivity contribution in [3.8, 4) is 0 Å². The predicted octanol–water partition coefficient (Wildman–Crippen LogP) is 5.33. The first-order chi connectivity index (χ1) is 14.2. The molecule has 9 atom stereocenters. The summed E-state index contributed by atoms with van der Waals surface area (Å²) < 4.78 is 0. The Morgan fingerprint density at radius 3 is 2.47 bits per heavy atom. The van der Waals surface area contributed by atoms with E-state index in [-0.39, 0.29) is 5.41 Å². The summed E-state index contributed by atoms with van der Waals surface area (Å²) in [7, 11) is 0. The molecule has 172 valence electrons. The summed E-state index contributed by atoms with van der Waals surface area (Å²) in [5.74, 6) is 3.98. The number of rotatable bonds is 6. The molecule has 4 aliphatic carbocycles. The van der Waals surface area contributed by atoms with Gasteiger partial charge in [-0.25, -0.2) is 0 Å². The lowest BCUT2D eigenvalue weighted by molar-refractivity contribution is -0.0828. The van der Waals surface area contributed by atoms with Crippen molar-refractivity contribution in [1.82, 2.24) is 0 Å². The molecule has 30 heavy (non-hydrogen) atoms. The number of hydrogen-bond acceptors (Lipinski definition) is 3. The Kier molecular flexibility index (Phi) is 6.48. The van der Waals surface area contributed by atoms with E-state index >= 15 is 0 Å². The molecule has 0 radical (unpaired) electrons. The monoisotopic (exact) mass is 418 g/mol. The first-order valence-corrected chi connectivity index (χ1v) is 12.9. The molecule has 3 saturated carbocycles. The van der Waals surface area contributed by atoms with E-state index in [0.29, 0.717) is 35.7 Å². The van der Waals surface area contributed by atoms with E-state index < -0.39 is 12.2 Å². The minimum absolute atomic E-state index is 0.0641. The molecule has 0 aliphatic heterocycles. The van der Waals surface area contributed by atoms with E-state index in [9.17, 15) is 15.3 Å². The molecule has 0 heterocycles. The largest absolute Gasteiger partial charge is 0.396 e. The van der Waals surface area contributed by atoms with E-state index in [0.717, 1.165) is 36.7 Å². The fourth-order valence-electron chi connectivity index (χ4n) is 8.74. The lowest BCUT2D eigenvalue weighted by Crippen LogP contribution is -2.54. The highest BCUT2D eigenvalue weighted by atomic mass is 16.3. The molecule has 0 aromatic rings. The van der Waals surface area contributed by atoms with Gasteiger partial charge in [0.1, 0.15) is 6.10 Å². The summed E-state index contributed by atoms with van der Waals surface area (Å²) >= 11 is 0. The molecule has 3 nitrogen and oxygen atoms in total. The van der Waals surface area contributed by atoms with Gasteiger partial charge < -0.3 is 15.3 Å². The van der Waals surface area contributed by atoms with Gasteiger partial charge in [-0.3, -0.25) is 0 Å². The summed E-state index contributed by atoms with van der Waals surface area (Å²) in [5.41, 5.74) is 1.57. The lowest BCUT2D eigenvalue weighted by Gasteiger charge is -2.59. The van der Waals surface area contributed by atoms with Gasteiger partial charge in [0.25, 0.3) is 0 Å². The van der Waals surface area contributed by atoms with Crippen molar-refractivity contribution in [2.24, 2.45) is 46.3 Å². The van der Waals surface area contributed by atoms with Gasteiger partial charge >= 0.3 is 0 Å². The molecule has 4 rings (SSSR count). The van der Waals surface area contributed by atoms with Crippen LogP contribution in [-0.2, 0) is 0 Å². The first-order valence-electron chi connectivity index (χ1n) is 12.9. The standard InChI is InChI=1S/C27H46O3/c1-17(2)6-5-7-18(16-28)20-10-11-21-19-8-9-23-25(30)24(29)13-15-27(23,4)22(19)12-14-26(20,21)3/h9,17-22,24-25,28-30H,5-8,10-16H2,1-4H3/t18-,19-,20+,21-,22-,24+,25+,26+,27+/m0/s1. The molecule has 3 heteroatoms. The van der Waals surface area contributed by atoms with Crippen molar-refractivity contribution in [3.05, 3.63) is 11.6 Å². The average Bonchev–Trinajstić information content (AvgIpc) is 3.05. The van der Waals surface area contributed by atoms with Gasteiger partial charge in [0.05, 0.1) is 6.10 Å². The van der Waals surface area contributed by atoms with Crippen molar-refractivity contribution < 1.29 is 15.3 Å². The van der Waals surface area contributed by atoms with E-state index in [4.69, 9.17) is 0 Å². The van der Waals surface area contributed by atoms with Gasteiger partial charge in [0.2, 0.25) is 0 Å². The predicted molar refractivity (Wildman–Crippen MR) is 122 cm³/mol. The SMILES string of the molecule is CC(C)CCC[C@@H](CO)[C@H]1CC[C@H]2[C@@H]3CC=C4[C@@H](O)[C@H](O)CC[C@]4(C)[C@H]3CC[C@]12C. The van der Waals surface area contributed by atoms with Crippen LogP contribution in [-0.4, -0.2) is 34.1 Å². The quantitative estimate of drug-likeness (QED) is 0.511. The van der Waals surface area contributed by atoms with E-state index in [1.807, 2.05) is 0 Å². The Labute approximate surface area is 184 Å². The Morgan fingerprint density at radius 1 is 1.00 bits per heavy atom. The normalized spacial score (nSPS) is 46.7. The molecule has 0 saturated heterocycles. The number of fused-ring (bicyclic) bond motifs is 5. The molecule has 0 aromatic carbocycles. The summed E-state index contributed by atoms with van der Waals surface area (Å²) in [5, 5.41) is 31.2. The van der Waals surface area contributed by atoms with Crippen LogP contribution in [0.1, 0.15) is 91.9 Å². The molecular weight excluding hydrogens is 372 g/mol. The third-order valence-corrected chi connectivity index (χ3v) is 10.4. The molecule has 0 unspecified atom stereocenters. The molecule has 0 amide bonds. The second kappa shape index (κ2) is 8.52. The highest BCUT2D eigenvalue weighted by Gasteiger charge is 2.60. The maximum atomic E-state index is 10.7. The number of aliphatic hydroxyl groups excluding tert-OH is 3. The van der Waals surface area contributed by atoms with Gasteiger partial charge in [-0.05, 0) is 103 Å². The van der Waals surface area contributed by atoms with Crippen molar-refractivity contribution in [1.29, 1.82) is 0 Å². The van der Waals surface area contributed by atoms with Crippen molar-refractivity contribution in [2.45, 2.75) is 104 Å². The third kappa shape index (κ3) is 3.61. The van der Waals surface area contributed by atoms with Gasteiger partial charge in [-0.1, -0.05) is 46.6 Å². The molecule has 4 aliphatic rings. The van der Waals surface area contributed by atoms with E-state index in [1.165, 1.54) is 44.9 Å². The number of allylic oxidation sites excluding steroid dienone is 1. The van der Waals surface area contributed by atoms with Gasteiger partial charge in [0, 0.05) is 6.61 Å². The van der Waals surface area contributed by atoms with Gasteiger partial charge in [-0.15, -0.1) is 0 Å². The van der Waals surface area contributed by atoms with Crippen LogP contribution < -0.4 is 0 Å². The minimum atomic E-state index is -0.658.